The fourth-order valence-corrected chi connectivity index (χ4v) is 6.06. The maximum absolute atomic E-state index is 2.53. The first-order valence-corrected chi connectivity index (χ1v) is 10.5. The molecule has 0 aliphatic heterocycles. The van der Waals surface area contributed by atoms with Crippen molar-refractivity contribution in [3.63, 3.8) is 0 Å². The van der Waals surface area contributed by atoms with Gasteiger partial charge in [-0.15, -0.1) is 0 Å². The molecule has 3 saturated carbocycles. The van der Waals surface area contributed by atoms with Crippen LogP contribution >= 0.6 is 0 Å². The number of hydrogen-bond acceptors (Lipinski definition) is 0. The third kappa shape index (κ3) is 4.09. The highest BCUT2D eigenvalue weighted by molar-refractivity contribution is 5.04. The zero-order valence-corrected chi connectivity index (χ0v) is 15.7. The third-order valence-electron chi connectivity index (χ3n) is 7.62. The topological polar surface area (TPSA) is 0 Å². The fraction of sp³-hybridized carbons (Fsp3) is 1.00. The van der Waals surface area contributed by atoms with Crippen molar-refractivity contribution in [3.8, 4) is 0 Å². The summed E-state index contributed by atoms with van der Waals surface area (Å²) < 4.78 is 0. The van der Waals surface area contributed by atoms with E-state index in [1.54, 1.807) is 12.8 Å². The second-order valence-corrected chi connectivity index (χ2v) is 9.86. The Labute approximate surface area is 139 Å². The maximum atomic E-state index is 2.53. The van der Waals surface area contributed by atoms with E-state index in [2.05, 4.69) is 27.7 Å². The Morgan fingerprint density at radius 1 is 0.909 bits per heavy atom. The summed E-state index contributed by atoms with van der Waals surface area (Å²) in [6.45, 7) is 9.95. The molecule has 3 aliphatic carbocycles. The molecular weight excluding hydrogens is 264 g/mol. The highest BCUT2D eigenvalue weighted by atomic mass is 14.6. The van der Waals surface area contributed by atoms with E-state index in [9.17, 15) is 0 Å². The molecule has 3 rings (SSSR count). The fourth-order valence-electron chi connectivity index (χ4n) is 6.06. The number of fused-ring (bicyclic) bond motifs is 1. The van der Waals surface area contributed by atoms with Gasteiger partial charge in [0.25, 0.3) is 0 Å². The maximum Gasteiger partial charge on any atom is -0.0326 e. The summed E-state index contributed by atoms with van der Waals surface area (Å²) in [5.41, 5.74) is 0. The van der Waals surface area contributed by atoms with E-state index >= 15 is 0 Å². The molecule has 0 aromatic carbocycles. The molecule has 3 aliphatic rings. The van der Waals surface area contributed by atoms with Crippen molar-refractivity contribution >= 4 is 0 Å². The van der Waals surface area contributed by atoms with Gasteiger partial charge in [-0.05, 0) is 73.0 Å². The summed E-state index contributed by atoms with van der Waals surface area (Å²) in [5, 5.41) is 0. The van der Waals surface area contributed by atoms with Crippen LogP contribution in [0, 0.1) is 47.3 Å². The Balaban J connectivity index is 1.21. The van der Waals surface area contributed by atoms with Gasteiger partial charge in [-0.1, -0.05) is 66.2 Å². The molecule has 6 unspecified atom stereocenters. The van der Waals surface area contributed by atoms with Gasteiger partial charge >= 0.3 is 0 Å². The van der Waals surface area contributed by atoms with Gasteiger partial charge in [0.05, 0.1) is 0 Å². The van der Waals surface area contributed by atoms with Gasteiger partial charge in [-0.2, -0.15) is 0 Å². The lowest BCUT2D eigenvalue weighted by molar-refractivity contribution is 0.191. The van der Waals surface area contributed by atoms with E-state index in [0.717, 1.165) is 47.3 Å². The molecule has 0 amide bonds. The lowest BCUT2D eigenvalue weighted by atomic mass is 9.73. The molecule has 0 heteroatoms. The summed E-state index contributed by atoms with van der Waals surface area (Å²) in [4.78, 5) is 0. The van der Waals surface area contributed by atoms with Crippen molar-refractivity contribution in [2.45, 2.75) is 91.9 Å². The summed E-state index contributed by atoms with van der Waals surface area (Å²) in [5.74, 6) is 8.56. The molecular formula is C22H40. The van der Waals surface area contributed by atoms with Crippen LogP contribution in [0.4, 0.5) is 0 Å². The van der Waals surface area contributed by atoms with Crippen molar-refractivity contribution in [2.24, 2.45) is 47.3 Å². The van der Waals surface area contributed by atoms with E-state index in [1.807, 2.05) is 0 Å². The molecule has 0 nitrogen and oxygen atoms in total. The van der Waals surface area contributed by atoms with Crippen molar-refractivity contribution in [3.05, 3.63) is 0 Å². The van der Waals surface area contributed by atoms with E-state index < -0.39 is 0 Å². The van der Waals surface area contributed by atoms with Gasteiger partial charge < -0.3 is 0 Å². The van der Waals surface area contributed by atoms with Gasteiger partial charge in [0, 0.05) is 0 Å². The number of hydrogen-bond donors (Lipinski definition) is 0. The summed E-state index contributed by atoms with van der Waals surface area (Å²) in [6.07, 6.45) is 15.2. The van der Waals surface area contributed by atoms with E-state index in [0.29, 0.717) is 0 Å². The second kappa shape index (κ2) is 7.27. The number of rotatable bonds is 9. The zero-order chi connectivity index (χ0) is 15.7. The van der Waals surface area contributed by atoms with Crippen molar-refractivity contribution in [1.82, 2.24) is 0 Å². The minimum atomic E-state index is 0.970. The van der Waals surface area contributed by atoms with Crippen molar-refractivity contribution < 1.29 is 0 Å². The summed E-state index contributed by atoms with van der Waals surface area (Å²) in [6, 6.07) is 0. The molecule has 3 fully saturated rings. The SMILES string of the molecule is CC(CCCC1CC(C)C1)CCC(C)CC1C2CCC(C)C21. The van der Waals surface area contributed by atoms with Gasteiger partial charge in [-0.25, -0.2) is 0 Å². The average molecular weight is 305 g/mol. The minimum absolute atomic E-state index is 0.970. The summed E-state index contributed by atoms with van der Waals surface area (Å²) >= 11 is 0. The summed E-state index contributed by atoms with van der Waals surface area (Å²) in [7, 11) is 0. The highest BCUT2D eigenvalue weighted by Gasteiger charge is 2.55. The molecule has 22 heavy (non-hydrogen) atoms. The van der Waals surface area contributed by atoms with Crippen LogP contribution in [0.15, 0.2) is 0 Å². The smallest absolute Gasteiger partial charge is 0.0326 e. The van der Waals surface area contributed by atoms with E-state index in [-0.39, 0.29) is 0 Å². The normalized spacial score (nSPS) is 42.5. The minimum Gasteiger partial charge on any atom is -0.0625 e. The van der Waals surface area contributed by atoms with Crippen LogP contribution in [0.1, 0.15) is 91.9 Å². The van der Waals surface area contributed by atoms with Gasteiger partial charge in [0.15, 0.2) is 0 Å². The monoisotopic (exact) mass is 304 g/mol. The van der Waals surface area contributed by atoms with Crippen molar-refractivity contribution in [1.29, 1.82) is 0 Å². The zero-order valence-electron chi connectivity index (χ0n) is 15.7. The molecule has 0 aromatic rings. The molecule has 128 valence electrons. The predicted molar refractivity (Wildman–Crippen MR) is 96.8 cm³/mol. The van der Waals surface area contributed by atoms with Crippen LogP contribution in [-0.2, 0) is 0 Å². The molecule has 0 radical (unpaired) electrons. The molecule has 0 N–H and O–H groups in total. The first-order valence-electron chi connectivity index (χ1n) is 10.5. The second-order valence-electron chi connectivity index (χ2n) is 9.86. The standard InChI is InChI=1S/C22H40/c1-15(6-5-7-19-12-17(3)13-19)8-9-16(2)14-21-20-11-10-18(4)22(20)21/h15-22H,5-14H2,1-4H3. The lowest BCUT2D eigenvalue weighted by Crippen LogP contribution is -2.20. The Kier molecular flexibility index (Phi) is 5.56. The molecule has 0 heterocycles. The first-order chi connectivity index (χ1) is 10.5. The van der Waals surface area contributed by atoms with Crippen LogP contribution in [-0.4, -0.2) is 0 Å². The lowest BCUT2D eigenvalue weighted by Gasteiger charge is -2.33. The van der Waals surface area contributed by atoms with Gasteiger partial charge in [-0.3, -0.25) is 0 Å². The molecule has 0 spiro atoms. The van der Waals surface area contributed by atoms with E-state index in [1.165, 1.54) is 51.4 Å². The molecule has 6 atom stereocenters. The van der Waals surface area contributed by atoms with Gasteiger partial charge in [0.2, 0.25) is 0 Å². The molecule has 0 saturated heterocycles. The predicted octanol–water partition coefficient (Wildman–Crippen LogP) is 6.94. The average Bonchev–Trinajstić information content (AvgIpc) is 2.98. The van der Waals surface area contributed by atoms with Crippen LogP contribution in [0.25, 0.3) is 0 Å². The van der Waals surface area contributed by atoms with Crippen LogP contribution in [0.3, 0.4) is 0 Å². The first kappa shape index (κ1) is 16.8. The highest BCUT2D eigenvalue weighted by Crippen LogP contribution is 2.62. The Bertz CT molecular complexity index is 340. The Morgan fingerprint density at radius 3 is 2.27 bits per heavy atom. The van der Waals surface area contributed by atoms with Gasteiger partial charge in [0.1, 0.15) is 0 Å². The van der Waals surface area contributed by atoms with Crippen LogP contribution < -0.4 is 0 Å². The Hall–Kier alpha value is 0. The Morgan fingerprint density at radius 2 is 1.64 bits per heavy atom. The van der Waals surface area contributed by atoms with Crippen LogP contribution in [0.2, 0.25) is 0 Å². The third-order valence-corrected chi connectivity index (χ3v) is 7.62. The van der Waals surface area contributed by atoms with E-state index in [4.69, 9.17) is 0 Å². The quantitative estimate of drug-likeness (QED) is 0.433. The molecule has 0 aromatic heterocycles. The van der Waals surface area contributed by atoms with Crippen LogP contribution in [0.5, 0.6) is 0 Å². The largest absolute Gasteiger partial charge is 0.0625 e. The van der Waals surface area contributed by atoms with Crippen molar-refractivity contribution in [2.75, 3.05) is 0 Å². The molecule has 0 bridgehead atoms.